The van der Waals surface area contributed by atoms with E-state index in [9.17, 15) is 23.3 Å². The second-order valence-electron chi connectivity index (χ2n) is 45.6. The molecule has 0 unspecified atom stereocenters. The zero-order valence-corrected chi connectivity index (χ0v) is 78.0. The van der Waals surface area contributed by atoms with Gasteiger partial charge in [0.2, 0.25) is 0 Å². The molecular formula is C116H136BN3. The minimum atomic E-state index is -1.13. The van der Waals surface area contributed by atoms with Crippen molar-refractivity contribution < 1.29 is 23.3 Å². The van der Waals surface area contributed by atoms with E-state index in [-0.39, 0.29) is 125 Å². The molecule has 0 bridgehead atoms. The van der Waals surface area contributed by atoms with Crippen LogP contribution in [-0.2, 0) is 59.6 Å². The summed E-state index contributed by atoms with van der Waals surface area (Å²) in [6, 6.07) is 37.4. The number of benzene rings is 12. The third-order valence-corrected chi connectivity index (χ3v) is 24.5. The van der Waals surface area contributed by atoms with Crippen molar-refractivity contribution in [3.05, 3.63) is 285 Å². The molecule has 2 aliphatic heterocycles. The van der Waals surface area contributed by atoms with Crippen LogP contribution >= 0.6 is 0 Å². The summed E-state index contributed by atoms with van der Waals surface area (Å²) in [7, 11) is 0. The second kappa shape index (κ2) is 28.9. The van der Waals surface area contributed by atoms with Gasteiger partial charge in [-0.3, -0.25) is 0 Å². The number of fused-ring (bicyclic) bond motifs is 7. The van der Waals surface area contributed by atoms with Crippen LogP contribution in [0.2, 0.25) is 0 Å². The molecule has 0 spiro atoms. The van der Waals surface area contributed by atoms with Gasteiger partial charge in [0.05, 0.1) is 45.7 Å². The first kappa shape index (κ1) is 65.8. The Morgan fingerprint density at radius 2 is 0.650 bits per heavy atom. The first-order valence-corrected chi connectivity index (χ1v) is 43.2. The summed E-state index contributed by atoms with van der Waals surface area (Å²) in [6.45, 7) is 68.6. The number of para-hydroxylation sites is 2. The lowest BCUT2D eigenvalue weighted by Crippen LogP contribution is -2.61. The molecule has 120 heavy (non-hydrogen) atoms. The molecule has 0 amide bonds. The Morgan fingerprint density at radius 1 is 0.250 bits per heavy atom. The summed E-state index contributed by atoms with van der Waals surface area (Å²) in [4.78, 5) is 4.48. The largest absolute Gasteiger partial charge is 0.310 e. The van der Waals surface area contributed by atoms with Gasteiger partial charge in [-0.05, 0) is 237 Å². The first-order valence-electron chi connectivity index (χ1n) is 51.7. The van der Waals surface area contributed by atoms with Gasteiger partial charge in [-0.15, -0.1) is 0 Å². The van der Waals surface area contributed by atoms with Crippen molar-refractivity contribution in [1.82, 2.24) is 4.57 Å². The van der Waals surface area contributed by atoms with E-state index < -0.39 is 116 Å². The number of nitrogens with zero attached hydrogens (tertiary/aromatic N) is 3. The van der Waals surface area contributed by atoms with Gasteiger partial charge in [0, 0.05) is 61.5 Å². The zero-order chi connectivity index (χ0) is 102. The van der Waals surface area contributed by atoms with E-state index in [0.717, 1.165) is 78.0 Å². The van der Waals surface area contributed by atoms with Crippen molar-refractivity contribution in [2.45, 2.75) is 288 Å². The van der Waals surface area contributed by atoms with E-state index in [2.05, 4.69) is 264 Å². The van der Waals surface area contributed by atoms with Crippen molar-refractivity contribution in [1.29, 1.82) is 0 Å². The van der Waals surface area contributed by atoms with Crippen LogP contribution < -0.4 is 26.2 Å². The standard InChI is InChI=1S/C116H136BN3/c1-106(2,3)75-49-46-71(47-50-75)88-64-81(112(19,20)21)67-92(90-63-76(107(4,5)6)51-53-94(90)116(31,32)33)104(88)119-99-60-72(73-56-77(108(7,8)9)61-78(57-73)109(10,11)12)48-54-95(99)117-96-55-52-84(118-97-44-38-35-41-86(97)87-42-36-39-45-98(87)118)70-100(96)120(102-69-83(114(25,26)27)68-101(119)103(102)117)105-89(74-58-79(110(13,14)15)62-80(59-74)111(16,17)18)65-82(113(22,23)24)66-91(105)85-40-34-37-43-93(85)115(28,29)30/h34-70H,1-33H3/i35D,36D,38D,39D,41D,42D,44D,45D,46D,47D,49D,50D,51D,53D,63D,64D,67D. The smallest absolute Gasteiger partial charge is 0.252 e. The second-order valence-corrected chi connectivity index (χ2v) is 45.6. The van der Waals surface area contributed by atoms with E-state index >= 15 is 0 Å². The normalized spacial score (nSPS) is 16.0. The molecule has 0 radical (unpaired) electrons. The molecule has 2 aliphatic rings. The third-order valence-electron chi connectivity index (χ3n) is 24.5. The molecule has 0 saturated carbocycles. The van der Waals surface area contributed by atoms with Crippen LogP contribution in [0.25, 0.3) is 83.1 Å². The maximum atomic E-state index is 11.8. The van der Waals surface area contributed by atoms with Gasteiger partial charge in [-0.1, -0.05) is 386 Å². The predicted molar refractivity (Wildman–Crippen MR) is 528 cm³/mol. The topological polar surface area (TPSA) is 11.4 Å². The molecule has 3 heterocycles. The van der Waals surface area contributed by atoms with Gasteiger partial charge in [0.15, 0.2) is 0 Å². The van der Waals surface area contributed by atoms with Gasteiger partial charge >= 0.3 is 0 Å². The maximum absolute atomic E-state index is 11.8. The molecule has 618 valence electrons. The van der Waals surface area contributed by atoms with Crippen LogP contribution in [0.3, 0.4) is 0 Å². The van der Waals surface area contributed by atoms with Crippen molar-refractivity contribution in [3.63, 3.8) is 0 Å². The van der Waals surface area contributed by atoms with Crippen LogP contribution in [0.15, 0.2) is 224 Å². The summed E-state index contributed by atoms with van der Waals surface area (Å²) >= 11 is 0. The van der Waals surface area contributed by atoms with Crippen LogP contribution in [-0.4, -0.2) is 11.3 Å². The fourth-order valence-corrected chi connectivity index (χ4v) is 17.1. The molecule has 0 N–H and O–H groups in total. The van der Waals surface area contributed by atoms with Gasteiger partial charge in [-0.25, -0.2) is 0 Å². The van der Waals surface area contributed by atoms with E-state index in [1.807, 2.05) is 95.2 Å². The molecule has 0 saturated heterocycles. The van der Waals surface area contributed by atoms with Crippen LogP contribution in [0, 0.1) is 0 Å². The van der Waals surface area contributed by atoms with Crippen molar-refractivity contribution in [2.75, 3.05) is 9.80 Å². The highest BCUT2D eigenvalue weighted by atomic mass is 15.2. The Balaban J connectivity index is 1.31. The predicted octanol–water partition coefficient (Wildman–Crippen LogP) is 31.5. The Morgan fingerprint density at radius 3 is 1.13 bits per heavy atom. The van der Waals surface area contributed by atoms with E-state index in [1.54, 1.807) is 4.57 Å². The molecule has 12 aromatic carbocycles. The van der Waals surface area contributed by atoms with Gasteiger partial charge in [-0.2, -0.15) is 0 Å². The summed E-state index contributed by atoms with van der Waals surface area (Å²) in [5.74, 6) is 0. The van der Waals surface area contributed by atoms with E-state index in [0.29, 0.717) is 44.8 Å². The summed E-state index contributed by atoms with van der Waals surface area (Å²) in [5, 5.41) is -0.163. The quantitative estimate of drug-likeness (QED) is 0.141. The minimum Gasteiger partial charge on any atom is -0.310 e. The zero-order valence-electron chi connectivity index (χ0n) is 95.0. The summed E-state index contributed by atoms with van der Waals surface area (Å²) in [6.07, 6.45) is 0. The third kappa shape index (κ3) is 15.6. The number of rotatable bonds is 8. The average molecular weight is 1600 g/mol. The molecule has 15 rings (SSSR count). The monoisotopic (exact) mass is 1600 g/mol. The van der Waals surface area contributed by atoms with Crippen molar-refractivity contribution in [2.24, 2.45) is 0 Å². The molecule has 3 nitrogen and oxygen atoms in total. The SMILES string of the molecule is [2H]c1c([2H])c(C(C)(C)C)c([2H])c([2H])c1-c1c([2H])c(C(C)(C)C)c([2H])c(-c2c([2H])c(C(C)(C)C)c([2H])c([2H])c2C(C)(C)C)c1N1c2cc(-c3cc(C(C)(C)C)cc(C(C)(C)C)c3)ccc2B2c3ccc(-n4c5c([2H])c([2H])c([2H])c([2H])c5c5c([2H])c([2H])c([2H])c([2H])c54)cc3N(c3c(-c4cc(C(C)(C)C)cc(C(C)(C)C)c4)cc(C(C)(C)C)cc3-c3ccccc3C(C)(C)C)c3cc(C(C)(C)C)cc1c32. The summed E-state index contributed by atoms with van der Waals surface area (Å²) in [5.41, 5.74) is 10.7. The highest BCUT2D eigenvalue weighted by Crippen LogP contribution is 2.58. The fraction of sp³-hybridized carbons (Fsp3) is 0.379. The molecule has 0 atom stereocenters. The molecule has 0 fully saturated rings. The highest BCUT2D eigenvalue weighted by Gasteiger charge is 2.48. The van der Waals surface area contributed by atoms with E-state index in [4.69, 9.17) is 0 Å². The number of aromatic nitrogens is 1. The fourth-order valence-electron chi connectivity index (χ4n) is 17.1. The van der Waals surface area contributed by atoms with Crippen molar-refractivity contribution in [3.8, 4) is 61.3 Å². The van der Waals surface area contributed by atoms with Crippen molar-refractivity contribution >= 4 is 79.0 Å². The van der Waals surface area contributed by atoms with Crippen LogP contribution in [0.1, 0.15) is 313 Å². The first-order chi connectivity index (χ1) is 62.6. The number of hydrogen-bond donors (Lipinski definition) is 0. The Hall–Kier alpha value is -9.90. The lowest BCUT2D eigenvalue weighted by atomic mass is 9.33. The molecular weight excluding hydrogens is 1450 g/mol. The highest BCUT2D eigenvalue weighted by molar-refractivity contribution is 7.00. The molecule has 4 heteroatoms. The molecule has 1 aromatic heterocycles. The van der Waals surface area contributed by atoms with Gasteiger partial charge < -0.3 is 14.4 Å². The Labute approximate surface area is 747 Å². The Kier molecular flexibility index (Phi) is 15.8. The number of hydrogen-bond acceptors (Lipinski definition) is 2. The molecule has 0 aliphatic carbocycles. The Bertz CT molecular complexity index is 7140. The maximum Gasteiger partial charge on any atom is 0.252 e. The average Bonchev–Trinajstić information content (AvgIpc) is 1.23. The number of anilines is 6. The summed E-state index contributed by atoms with van der Waals surface area (Å²) < 4.78 is 178. The van der Waals surface area contributed by atoms with Crippen LogP contribution in [0.5, 0.6) is 0 Å². The van der Waals surface area contributed by atoms with E-state index in [1.165, 1.54) is 0 Å². The lowest BCUT2D eigenvalue weighted by Gasteiger charge is -2.47. The van der Waals surface area contributed by atoms with Gasteiger partial charge in [0.1, 0.15) is 0 Å². The van der Waals surface area contributed by atoms with Gasteiger partial charge in [0.25, 0.3) is 6.71 Å². The minimum absolute atomic E-state index is 0.0553. The van der Waals surface area contributed by atoms with Crippen LogP contribution in [0.4, 0.5) is 34.1 Å². The molecule has 13 aromatic rings. The lowest BCUT2D eigenvalue weighted by molar-refractivity contribution is 0.568.